The van der Waals surface area contributed by atoms with Gasteiger partial charge in [0.05, 0.1) is 21.0 Å². The van der Waals surface area contributed by atoms with E-state index in [-0.39, 0.29) is 42.4 Å². The number of nitrogens with one attached hydrogen (secondary N) is 1. The predicted octanol–water partition coefficient (Wildman–Crippen LogP) is 4.27. The molecule has 1 heterocycles. The fourth-order valence-electron chi connectivity index (χ4n) is 3.36. The minimum Gasteiger partial charge on any atom is -0.326 e. The number of piperidine rings is 1. The Morgan fingerprint density at radius 3 is 2.42 bits per heavy atom. The molecule has 6 nitrogen and oxygen atoms in total. The standard InChI is InChI=1S/C20H17ClF3N3O3S/c21-17-6-5-15(11-14(17)12-25)26-19(28)13-7-9-27(10-8-13)31(29,30)18-4-2-1-3-16(18)20(22,23)24/h1-6,11,13H,7-10H2,(H,26,28). The number of benzene rings is 2. The highest BCUT2D eigenvalue weighted by atomic mass is 35.5. The summed E-state index contributed by atoms with van der Waals surface area (Å²) >= 11 is 5.86. The molecule has 31 heavy (non-hydrogen) atoms. The second-order valence-corrected chi connectivity index (χ2v) is 9.28. The Balaban J connectivity index is 1.70. The minimum atomic E-state index is -4.80. The number of hydrogen-bond acceptors (Lipinski definition) is 4. The van der Waals surface area contributed by atoms with Crippen molar-refractivity contribution in [3.05, 3.63) is 58.6 Å². The number of amides is 1. The van der Waals surface area contributed by atoms with Crippen molar-refractivity contribution in [2.24, 2.45) is 5.92 Å². The monoisotopic (exact) mass is 471 g/mol. The number of halogens is 4. The van der Waals surface area contributed by atoms with E-state index >= 15 is 0 Å². The van der Waals surface area contributed by atoms with Crippen LogP contribution in [0.25, 0.3) is 0 Å². The summed E-state index contributed by atoms with van der Waals surface area (Å²) in [4.78, 5) is 11.7. The van der Waals surface area contributed by atoms with Gasteiger partial charge in [-0.25, -0.2) is 8.42 Å². The van der Waals surface area contributed by atoms with Crippen molar-refractivity contribution < 1.29 is 26.4 Å². The number of sulfonamides is 1. The van der Waals surface area contributed by atoms with Crippen LogP contribution in [0.15, 0.2) is 47.4 Å². The van der Waals surface area contributed by atoms with Gasteiger partial charge in [0.25, 0.3) is 0 Å². The highest BCUT2D eigenvalue weighted by molar-refractivity contribution is 7.89. The topological polar surface area (TPSA) is 90.3 Å². The van der Waals surface area contributed by atoms with E-state index in [0.717, 1.165) is 22.5 Å². The molecule has 1 amide bonds. The SMILES string of the molecule is N#Cc1cc(NC(=O)C2CCN(S(=O)(=O)c3ccccc3C(F)(F)F)CC2)ccc1Cl. The van der Waals surface area contributed by atoms with Gasteiger partial charge in [-0.3, -0.25) is 4.79 Å². The second kappa shape index (κ2) is 8.86. The van der Waals surface area contributed by atoms with Gasteiger partial charge in [0.1, 0.15) is 6.07 Å². The predicted molar refractivity (Wildman–Crippen MR) is 108 cm³/mol. The van der Waals surface area contributed by atoms with Gasteiger partial charge in [0, 0.05) is 24.7 Å². The molecular formula is C20H17ClF3N3O3S. The molecule has 3 rings (SSSR count). The van der Waals surface area contributed by atoms with E-state index in [1.54, 1.807) is 0 Å². The first-order valence-electron chi connectivity index (χ1n) is 9.21. The number of nitrogens with zero attached hydrogens (tertiary/aromatic N) is 2. The Morgan fingerprint density at radius 1 is 1.16 bits per heavy atom. The molecule has 0 unspecified atom stereocenters. The summed E-state index contributed by atoms with van der Waals surface area (Å²) in [6.45, 7) is -0.173. The number of alkyl halides is 3. The van der Waals surface area contributed by atoms with E-state index in [4.69, 9.17) is 16.9 Å². The molecule has 1 N–H and O–H groups in total. The lowest BCUT2D eigenvalue weighted by atomic mass is 9.97. The average molecular weight is 472 g/mol. The molecule has 1 aliphatic rings. The van der Waals surface area contributed by atoms with Gasteiger partial charge in [0.2, 0.25) is 15.9 Å². The molecular weight excluding hydrogens is 455 g/mol. The van der Waals surface area contributed by atoms with Gasteiger partial charge >= 0.3 is 6.18 Å². The molecule has 0 radical (unpaired) electrons. The Bertz CT molecular complexity index is 1140. The molecule has 0 saturated carbocycles. The van der Waals surface area contributed by atoms with Crippen LogP contribution in [0.5, 0.6) is 0 Å². The van der Waals surface area contributed by atoms with Crippen LogP contribution < -0.4 is 5.32 Å². The molecule has 164 valence electrons. The molecule has 0 atom stereocenters. The summed E-state index contributed by atoms with van der Waals surface area (Å²) in [7, 11) is -4.37. The van der Waals surface area contributed by atoms with E-state index in [2.05, 4.69) is 5.32 Å². The molecule has 1 saturated heterocycles. The third-order valence-electron chi connectivity index (χ3n) is 4.99. The lowest BCUT2D eigenvalue weighted by molar-refractivity contribution is -0.139. The number of anilines is 1. The molecule has 0 aromatic heterocycles. The van der Waals surface area contributed by atoms with Crippen LogP contribution in [0.4, 0.5) is 18.9 Å². The maximum absolute atomic E-state index is 13.2. The molecule has 0 spiro atoms. The van der Waals surface area contributed by atoms with Gasteiger partial charge in [-0.2, -0.15) is 22.7 Å². The van der Waals surface area contributed by atoms with E-state index in [9.17, 15) is 26.4 Å². The fourth-order valence-corrected chi connectivity index (χ4v) is 5.20. The first kappa shape index (κ1) is 23.1. The summed E-state index contributed by atoms with van der Waals surface area (Å²) < 4.78 is 66.3. The van der Waals surface area contributed by atoms with E-state index < -0.39 is 32.6 Å². The number of nitriles is 1. The summed E-state index contributed by atoms with van der Waals surface area (Å²) in [6, 6.07) is 10.4. The number of hydrogen-bond donors (Lipinski definition) is 1. The quantitative estimate of drug-likeness (QED) is 0.721. The van der Waals surface area contributed by atoms with Crippen molar-refractivity contribution in [3.63, 3.8) is 0 Å². The molecule has 0 aliphatic carbocycles. The summed E-state index contributed by atoms with van der Waals surface area (Å²) in [5.41, 5.74) is -0.644. The molecule has 1 aliphatic heterocycles. The van der Waals surface area contributed by atoms with Gasteiger partial charge < -0.3 is 5.32 Å². The van der Waals surface area contributed by atoms with Crippen LogP contribution in [-0.4, -0.2) is 31.7 Å². The van der Waals surface area contributed by atoms with Gasteiger partial charge in [-0.1, -0.05) is 23.7 Å². The maximum atomic E-state index is 13.2. The van der Waals surface area contributed by atoms with E-state index in [1.165, 1.54) is 24.3 Å². The first-order valence-corrected chi connectivity index (χ1v) is 11.0. The summed E-state index contributed by atoms with van der Waals surface area (Å²) in [6.07, 6.45) is -4.50. The lowest BCUT2D eigenvalue weighted by Gasteiger charge is -2.31. The van der Waals surface area contributed by atoms with Crippen LogP contribution in [0.1, 0.15) is 24.0 Å². The van der Waals surface area contributed by atoms with Crippen molar-refractivity contribution in [2.45, 2.75) is 23.9 Å². The van der Waals surface area contributed by atoms with Crippen molar-refractivity contribution in [1.29, 1.82) is 5.26 Å². The fraction of sp³-hybridized carbons (Fsp3) is 0.300. The van der Waals surface area contributed by atoms with Crippen molar-refractivity contribution >= 4 is 33.2 Å². The van der Waals surface area contributed by atoms with Gasteiger partial charge in [-0.05, 0) is 43.2 Å². The number of carbonyl (C=O) groups is 1. The molecule has 0 bridgehead atoms. The Morgan fingerprint density at radius 2 is 1.81 bits per heavy atom. The zero-order valence-electron chi connectivity index (χ0n) is 16.0. The highest BCUT2D eigenvalue weighted by Gasteiger charge is 2.40. The summed E-state index contributed by atoms with van der Waals surface area (Å²) in [5, 5.41) is 11.9. The molecule has 2 aromatic carbocycles. The largest absolute Gasteiger partial charge is 0.417 e. The van der Waals surface area contributed by atoms with Gasteiger partial charge in [0.15, 0.2) is 0 Å². The van der Waals surface area contributed by atoms with Crippen LogP contribution in [-0.2, 0) is 21.0 Å². The van der Waals surface area contributed by atoms with Crippen LogP contribution in [0.3, 0.4) is 0 Å². The Labute approximate surface area is 182 Å². The van der Waals surface area contributed by atoms with Crippen LogP contribution >= 0.6 is 11.6 Å². The Kier molecular flexibility index (Phi) is 6.59. The maximum Gasteiger partial charge on any atom is 0.417 e. The molecule has 2 aromatic rings. The zero-order chi connectivity index (χ0) is 22.8. The van der Waals surface area contributed by atoms with E-state index in [0.29, 0.717) is 5.69 Å². The van der Waals surface area contributed by atoms with Crippen LogP contribution in [0.2, 0.25) is 5.02 Å². The highest BCUT2D eigenvalue weighted by Crippen LogP contribution is 2.36. The van der Waals surface area contributed by atoms with E-state index in [1.807, 2.05) is 6.07 Å². The van der Waals surface area contributed by atoms with Crippen molar-refractivity contribution in [1.82, 2.24) is 4.31 Å². The number of rotatable bonds is 4. The zero-order valence-corrected chi connectivity index (χ0v) is 17.6. The van der Waals surface area contributed by atoms with Crippen molar-refractivity contribution in [3.8, 4) is 6.07 Å². The molecule has 11 heteroatoms. The minimum absolute atomic E-state index is 0.0866. The number of carbonyl (C=O) groups excluding carboxylic acids is 1. The van der Waals surface area contributed by atoms with Gasteiger partial charge in [-0.15, -0.1) is 0 Å². The van der Waals surface area contributed by atoms with Crippen molar-refractivity contribution in [2.75, 3.05) is 18.4 Å². The Hall–Kier alpha value is -2.61. The normalized spacial score (nSPS) is 16.0. The third kappa shape index (κ3) is 5.01. The second-order valence-electron chi connectivity index (χ2n) is 6.97. The first-order chi connectivity index (χ1) is 14.5. The third-order valence-corrected chi connectivity index (χ3v) is 7.28. The lowest BCUT2D eigenvalue weighted by Crippen LogP contribution is -2.41. The summed E-state index contributed by atoms with van der Waals surface area (Å²) in [5.74, 6) is -0.885. The molecule has 1 fully saturated rings. The van der Waals surface area contributed by atoms with Crippen LogP contribution in [0, 0.1) is 17.2 Å². The smallest absolute Gasteiger partial charge is 0.326 e. The average Bonchev–Trinajstić information content (AvgIpc) is 2.74.